The van der Waals surface area contributed by atoms with Crippen molar-refractivity contribution in [2.75, 3.05) is 11.5 Å². The molecule has 0 saturated carbocycles. The van der Waals surface area contributed by atoms with Crippen LogP contribution in [0.3, 0.4) is 0 Å². The quantitative estimate of drug-likeness (QED) is 0.00720. The second-order valence-corrected chi connectivity index (χ2v) is 16.2. The van der Waals surface area contributed by atoms with Gasteiger partial charge in [0, 0.05) is 78.4 Å². The number of fused-ring (bicyclic) bond motifs is 2. The van der Waals surface area contributed by atoms with Gasteiger partial charge in [-0.25, -0.2) is 10.5 Å². The zero-order chi connectivity index (χ0) is 44.4. The number of benzene rings is 6. The molecule has 0 aromatic heterocycles. The van der Waals surface area contributed by atoms with Gasteiger partial charge in [0.05, 0.1) is 39.9 Å². The maximum atomic E-state index is 12.9. The Labute approximate surface area is 381 Å². The van der Waals surface area contributed by atoms with E-state index in [1.54, 1.807) is 0 Å². The summed E-state index contributed by atoms with van der Waals surface area (Å²) in [6.07, 6.45) is 0. The molecule has 0 amide bonds. The first-order chi connectivity index (χ1) is 28.8. The first-order valence-corrected chi connectivity index (χ1v) is 20.3. The van der Waals surface area contributed by atoms with Gasteiger partial charge in [0.2, 0.25) is 5.69 Å². The van der Waals surface area contributed by atoms with E-state index in [1.807, 2.05) is 0 Å². The van der Waals surface area contributed by atoms with Crippen LogP contribution in [-0.4, -0.2) is 61.7 Å². The van der Waals surface area contributed by atoms with Crippen molar-refractivity contribution in [2.45, 2.75) is 19.6 Å². The van der Waals surface area contributed by atoms with Gasteiger partial charge < -0.3 is 37.1 Å². The van der Waals surface area contributed by atoms with Crippen molar-refractivity contribution < 1.29 is 115 Å². The summed E-state index contributed by atoms with van der Waals surface area (Å²) in [6, 6.07) is 13.1. The molecule has 0 aliphatic carbocycles. The fourth-order valence-corrected chi connectivity index (χ4v) is 7.65. The van der Waals surface area contributed by atoms with Gasteiger partial charge in [-0.1, -0.05) is 10.1 Å². The van der Waals surface area contributed by atoms with E-state index < -0.39 is 58.7 Å². The molecule has 0 saturated heterocycles. The number of nitrogens with two attached hydrogens (primary N) is 2. The average Bonchev–Trinajstić information content (AvgIpc) is 3.18. The van der Waals surface area contributed by atoms with Gasteiger partial charge in [0.25, 0.3) is 20.2 Å². The smallest absolute Gasteiger partial charge is 0.296 e. The first kappa shape index (κ1) is 50.2. The van der Waals surface area contributed by atoms with E-state index in [2.05, 4.69) is 44.3 Å². The molecular formula is C32H24Cu2N8O17S4. The van der Waals surface area contributed by atoms with Gasteiger partial charge in [-0.05, 0) is 70.2 Å². The summed E-state index contributed by atoms with van der Waals surface area (Å²) in [5, 5.41) is 99.3. The maximum absolute atomic E-state index is 12.9. The molecule has 12 N–H and O–H groups in total. The number of anilines is 2. The molecule has 0 unspecified atom stereocenters. The predicted molar refractivity (Wildman–Crippen MR) is 211 cm³/mol. The van der Waals surface area contributed by atoms with Crippen molar-refractivity contribution in [2.24, 2.45) is 25.6 Å². The molecule has 0 aliphatic rings. The largest absolute Gasteiger partial charge is 0.594 e. The third-order valence-corrected chi connectivity index (χ3v) is 10.9. The fraction of sp³-hybridized carbons (Fsp3) is 0. The Morgan fingerprint density at radius 1 is 0.635 bits per heavy atom. The monoisotopic (exact) mass is 1050 g/mol. The Kier molecular flexibility index (Phi) is 16.2. The molecule has 0 bridgehead atoms. The zero-order valence-corrected chi connectivity index (χ0v) is 35.4. The first-order valence-electron chi connectivity index (χ1n) is 15.9. The summed E-state index contributed by atoms with van der Waals surface area (Å²) in [5.41, 5.74) is 9.49. The summed E-state index contributed by atoms with van der Waals surface area (Å²) in [4.78, 5) is -1.36. The van der Waals surface area contributed by atoms with Crippen molar-refractivity contribution in [3.63, 3.8) is 0 Å². The van der Waals surface area contributed by atoms with E-state index in [1.165, 1.54) is 30.3 Å². The summed E-state index contributed by atoms with van der Waals surface area (Å²) < 4.78 is 76.0. The third-order valence-electron chi connectivity index (χ3n) is 8.06. The summed E-state index contributed by atoms with van der Waals surface area (Å²) in [6.45, 7) is 0. The molecule has 6 aromatic carbocycles. The van der Waals surface area contributed by atoms with Crippen LogP contribution in [0.5, 0.6) is 23.0 Å². The van der Waals surface area contributed by atoms with E-state index in [4.69, 9.17) is 22.0 Å². The van der Waals surface area contributed by atoms with E-state index in [9.17, 15) is 51.6 Å². The molecule has 25 nitrogen and oxygen atoms in total. The van der Waals surface area contributed by atoms with E-state index in [-0.39, 0.29) is 110 Å². The van der Waals surface area contributed by atoms with Crippen LogP contribution in [0.25, 0.3) is 21.5 Å². The molecule has 0 aliphatic heterocycles. The van der Waals surface area contributed by atoms with Crippen LogP contribution in [0.2, 0.25) is 0 Å². The maximum Gasteiger partial charge on any atom is 0.296 e. The second kappa shape index (κ2) is 20.4. The van der Waals surface area contributed by atoms with Crippen molar-refractivity contribution in [1.29, 1.82) is 0 Å². The number of azo groups is 3. The summed E-state index contributed by atoms with van der Waals surface area (Å²) in [5.74, 6) is -2.72. The Balaban J connectivity index is 0.00000436. The normalized spacial score (nSPS) is 12.3. The topological polar surface area (TPSA) is 407 Å². The predicted octanol–water partition coefficient (Wildman–Crippen LogP) is 8.08. The van der Waals surface area contributed by atoms with Crippen LogP contribution in [-0.2, 0) is 73.1 Å². The Morgan fingerprint density at radius 3 is 1.78 bits per heavy atom. The van der Waals surface area contributed by atoms with Crippen LogP contribution in [0, 0.1) is 5.21 Å². The molecule has 63 heavy (non-hydrogen) atoms. The number of nitrogens with zero attached hydrogens (tertiary/aromatic N) is 6. The molecule has 6 rings (SSSR count). The van der Waals surface area contributed by atoms with Crippen LogP contribution < -0.4 is 11.5 Å². The number of phenols is 4. The number of aromatic hydroxyl groups is 4. The molecule has 6 aromatic rings. The molecule has 340 valence electrons. The van der Waals surface area contributed by atoms with Gasteiger partial charge in [0.1, 0.15) is 44.8 Å². The van der Waals surface area contributed by atoms with Gasteiger partial charge >= 0.3 is 0 Å². The van der Waals surface area contributed by atoms with Crippen molar-refractivity contribution in [3.8, 4) is 23.0 Å². The number of rotatable bonds is 14. The molecular weight excluding hydrogens is 1020 g/mol. The molecule has 2 radical (unpaired) electrons. The fourth-order valence-electron chi connectivity index (χ4n) is 5.48. The minimum absolute atomic E-state index is 0. The van der Waals surface area contributed by atoms with E-state index in [0.717, 1.165) is 42.5 Å². The Bertz CT molecular complexity index is 3080. The van der Waals surface area contributed by atoms with Crippen LogP contribution >= 0.6 is 24.1 Å². The second-order valence-electron chi connectivity index (χ2n) is 11.9. The summed E-state index contributed by atoms with van der Waals surface area (Å²) in [7, 11) is -9.76. The van der Waals surface area contributed by atoms with Gasteiger partial charge in [-0.3, -0.25) is 9.11 Å². The molecule has 31 heteroatoms. The molecule has 0 heterocycles. The molecule has 0 fully saturated rings. The van der Waals surface area contributed by atoms with Gasteiger partial charge in [0.15, 0.2) is 11.5 Å². The van der Waals surface area contributed by atoms with Gasteiger partial charge in [-0.15, -0.1) is 29.1 Å². The van der Waals surface area contributed by atoms with Crippen LogP contribution in [0.4, 0.5) is 45.5 Å². The van der Waals surface area contributed by atoms with Crippen molar-refractivity contribution in [1.82, 2.24) is 0 Å². The number of nitrogen functional groups attached to an aromatic ring is 2. The van der Waals surface area contributed by atoms with Crippen LogP contribution in [0.15, 0.2) is 118 Å². The van der Waals surface area contributed by atoms with Gasteiger partial charge in [-0.2, -0.15) is 16.8 Å². The minimum Gasteiger partial charge on any atom is -0.594 e. The number of hydrogen-bond donors (Lipinski definition) is 10. The van der Waals surface area contributed by atoms with Crippen molar-refractivity contribution in [3.05, 3.63) is 78.0 Å². The minimum atomic E-state index is -5.06. The van der Waals surface area contributed by atoms with Crippen LogP contribution in [0.1, 0.15) is 0 Å². The SMILES string of the molecule is Nc1cc(S(=O)(=O)O)cc2cc(SOOO)c(N=Nc3ccc(N=[N+]([O-])c4ccc(N=Nc5c(S(=O)(=O)O)cc6cc(SOOO)cc(N)c6c5O)c(O)c4)cc3O)c(O)c12.[Cu].[Cu]. The third kappa shape index (κ3) is 11.2. The van der Waals surface area contributed by atoms with E-state index in [0.29, 0.717) is 24.1 Å². The zero-order valence-electron chi connectivity index (χ0n) is 30.3. The Hall–Kier alpha value is -5.44. The number of hydrogen-bond acceptors (Lipinski definition) is 24. The standard InChI is InChI=1S/C32H24N8O17S4.2Cu/c33-19-11-17(58-56-54-46)5-13-8-26(61(51,52)53)30(32(44)27(13)19)38-36-22-4-2-16(10-24(22)42)40(45)39-15-1-3-21(23(41)9-15)35-37-29-25(59-57-55-47)7-14-6-18(60(48,49)50)12-20(34)28(14)31(29)43;;/h1-12,41-44,46-47H,33-34H2,(H,48,49,50)(H,51,52,53);;. The van der Waals surface area contributed by atoms with E-state index >= 15 is 0 Å². The average molecular weight is 1050 g/mol. The summed E-state index contributed by atoms with van der Waals surface area (Å²) >= 11 is 0.793. The molecule has 0 atom stereocenters. The van der Waals surface area contributed by atoms with Crippen molar-refractivity contribution >= 4 is 111 Å². The number of phenolic OH excluding ortho intramolecular Hbond substituents is 4. The molecule has 0 spiro atoms. The Morgan fingerprint density at radius 2 is 1.19 bits per heavy atom.